The molecule has 0 fully saturated rings. The van der Waals surface area contributed by atoms with E-state index in [1.807, 2.05) is 41.2 Å². The predicted molar refractivity (Wildman–Crippen MR) is 62.1 cm³/mol. The van der Waals surface area contributed by atoms with Crippen molar-refractivity contribution in [1.29, 1.82) is 0 Å². The molecule has 0 bridgehead atoms. The van der Waals surface area contributed by atoms with Gasteiger partial charge in [0.1, 0.15) is 12.4 Å². The minimum Gasteiger partial charge on any atom is -0.491 e. The van der Waals surface area contributed by atoms with Crippen LogP contribution in [0.4, 0.5) is 0 Å². The summed E-state index contributed by atoms with van der Waals surface area (Å²) < 4.78 is 7.50. The molecule has 0 saturated carbocycles. The molecule has 0 radical (unpaired) electrons. The molecular weight excluding hydrogens is 202 g/mol. The number of para-hydroxylation sites is 1. The Morgan fingerprint density at radius 2 is 2.12 bits per heavy atom. The maximum Gasteiger partial charge on any atom is 0.123 e. The fourth-order valence-corrected chi connectivity index (χ4v) is 1.50. The van der Waals surface area contributed by atoms with E-state index in [9.17, 15) is 0 Å². The van der Waals surface area contributed by atoms with Crippen LogP contribution in [-0.4, -0.2) is 16.4 Å². The summed E-state index contributed by atoms with van der Waals surface area (Å²) in [6, 6.07) is 9.72. The summed E-state index contributed by atoms with van der Waals surface area (Å²) in [4.78, 5) is 0. The molecule has 0 spiro atoms. The summed E-state index contributed by atoms with van der Waals surface area (Å²) in [5.41, 5.74) is 6.65. The van der Waals surface area contributed by atoms with Crippen molar-refractivity contribution in [1.82, 2.24) is 9.78 Å². The first-order valence-corrected chi connectivity index (χ1v) is 5.28. The monoisotopic (exact) mass is 217 g/mol. The molecule has 1 aromatic carbocycles. The smallest absolute Gasteiger partial charge is 0.123 e. The molecule has 0 aliphatic rings. The first-order valence-electron chi connectivity index (χ1n) is 5.28. The summed E-state index contributed by atoms with van der Waals surface area (Å²) in [6.07, 6.45) is 3.67. The SMILES string of the molecule is NCc1ccccc1OCCn1cccn1. The van der Waals surface area contributed by atoms with Gasteiger partial charge in [0.05, 0.1) is 6.54 Å². The predicted octanol–water partition coefficient (Wildman–Crippen LogP) is 1.42. The fraction of sp³-hybridized carbons (Fsp3) is 0.250. The fourth-order valence-electron chi connectivity index (χ4n) is 1.50. The van der Waals surface area contributed by atoms with E-state index in [2.05, 4.69) is 5.10 Å². The van der Waals surface area contributed by atoms with E-state index in [-0.39, 0.29) is 0 Å². The second-order valence-electron chi connectivity index (χ2n) is 3.43. The molecule has 0 amide bonds. The van der Waals surface area contributed by atoms with Crippen molar-refractivity contribution in [3.63, 3.8) is 0 Å². The minimum atomic E-state index is 0.498. The van der Waals surface area contributed by atoms with Crippen LogP contribution in [0.15, 0.2) is 42.7 Å². The number of hydrogen-bond donors (Lipinski definition) is 1. The highest BCUT2D eigenvalue weighted by molar-refractivity contribution is 5.32. The van der Waals surface area contributed by atoms with Crippen molar-refractivity contribution in [2.24, 2.45) is 5.73 Å². The van der Waals surface area contributed by atoms with Gasteiger partial charge in [0.25, 0.3) is 0 Å². The molecule has 2 N–H and O–H groups in total. The molecule has 1 heterocycles. The van der Waals surface area contributed by atoms with Crippen molar-refractivity contribution in [3.05, 3.63) is 48.3 Å². The lowest BCUT2D eigenvalue weighted by molar-refractivity contribution is 0.288. The van der Waals surface area contributed by atoms with Gasteiger partial charge in [-0.1, -0.05) is 18.2 Å². The van der Waals surface area contributed by atoms with E-state index in [0.717, 1.165) is 17.9 Å². The number of rotatable bonds is 5. The van der Waals surface area contributed by atoms with Crippen LogP contribution in [0, 0.1) is 0 Å². The highest BCUT2D eigenvalue weighted by Crippen LogP contribution is 2.16. The van der Waals surface area contributed by atoms with Gasteiger partial charge in [-0.3, -0.25) is 4.68 Å². The lowest BCUT2D eigenvalue weighted by Gasteiger charge is -2.09. The Bertz CT molecular complexity index is 426. The lowest BCUT2D eigenvalue weighted by Crippen LogP contribution is -2.10. The average Bonchev–Trinajstić information content (AvgIpc) is 2.83. The van der Waals surface area contributed by atoms with Crippen molar-refractivity contribution in [2.75, 3.05) is 6.61 Å². The summed E-state index contributed by atoms with van der Waals surface area (Å²) in [6.45, 7) is 1.84. The van der Waals surface area contributed by atoms with Gasteiger partial charge in [-0.25, -0.2) is 0 Å². The van der Waals surface area contributed by atoms with Crippen molar-refractivity contribution < 1.29 is 4.74 Å². The standard InChI is InChI=1S/C12H15N3O/c13-10-11-4-1-2-5-12(11)16-9-8-15-7-3-6-14-15/h1-7H,8-10,13H2. The summed E-state index contributed by atoms with van der Waals surface area (Å²) in [7, 11) is 0. The molecule has 2 aromatic rings. The Morgan fingerprint density at radius 3 is 2.88 bits per heavy atom. The first-order chi connectivity index (χ1) is 7.90. The van der Waals surface area contributed by atoms with Gasteiger partial charge in [-0.15, -0.1) is 0 Å². The molecule has 0 aliphatic carbocycles. The van der Waals surface area contributed by atoms with Gasteiger partial charge in [-0.2, -0.15) is 5.10 Å². The van der Waals surface area contributed by atoms with Crippen molar-refractivity contribution in [2.45, 2.75) is 13.1 Å². The molecule has 16 heavy (non-hydrogen) atoms. The molecule has 0 atom stereocenters. The summed E-state index contributed by atoms with van der Waals surface area (Å²) >= 11 is 0. The normalized spacial score (nSPS) is 10.3. The zero-order valence-electron chi connectivity index (χ0n) is 9.04. The van der Waals surface area contributed by atoms with Crippen molar-refractivity contribution >= 4 is 0 Å². The molecular formula is C12H15N3O. The Balaban J connectivity index is 1.89. The Hall–Kier alpha value is -1.81. The summed E-state index contributed by atoms with van der Waals surface area (Å²) in [5.74, 6) is 0.858. The highest BCUT2D eigenvalue weighted by atomic mass is 16.5. The number of nitrogens with zero attached hydrogens (tertiary/aromatic N) is 2. The topological polar surface area (TPSA) is 53.1 Å². The highest BCUT2D eigenvalue weighted by Gasteiger charge is 2.00. The quantitative estimate of drug-likeness (QED) is 0.824. The second kappa shape index (κ2) is 5.32. The Morgan fingerprint density at radius 1 is 1.25 bits per heavy atom. The molecule has 4 heteroatoms. The van der Waals surface area contributed by atoms with Crippen LogP contribution in [0.2, 0.25) is 0 Å². The first kappa shape index (κ1) is 10.7. The maximum absolute atomic E-state index is 5.66. The molecule has 1 aromatic heterocycles. The number of aromatic nitrogens is 2. The van der Waals surface area contributed by atoms with E-state index < -0.39 is 0 Å². The lowest BCUT2D eigenvalue weighted by atomic mass is 10.2. The van der Waals surface area contributed by atoms with Gasteiger partial charge in [0.15, 0.2) is 0 Å². The number of nitrogens with two attached hydrogens (primary N) is 1. The molecule has 4 nitrogen and oxygen atoms in total. The van der Waals surface area contributed by atoms with Crippen molar-refractivity contribution in [3.8, 4) is 5.75 Å². The summed E-state index contributed by atoms with van der Waals surface area (Å²) in [5, 5.41) is 4.10. The van der Waals surface area contributed by atoms with Crippen LogP contribution in [0.1, 0.15) is 5.56 Å². The van der Waals surface area contributed by atoms with Crippen LogP contribution in [0.3, 0.4) is 0 Å². The van der Waals surface area contributed by atoms with Crippen LogP contribution in [0.25, 0.3) is 0 Å². The van der Waals surface area contributed by atoms with Crippen LogP contribution < -0.4 is 10.5 Å². The molecule has 0 saturated heterocycles. The van der Waals surface area contributed by atoms with E-state index in [4.69, 9.17) is 10.5 Å². The van der Waals surface area contributed by atoms with Gasteiger partial charge >= 0.3 is 0 Å². The zero-order valence-corrected chi connectivity index (χ0v) is 9.04. The number of hydrogen-bond acceptors (Lipinski definition) is 3. The molecule has 0 aliphatic heterocycles. The van der Waals surface area contributed by atoms with Crippen LogP contribution in [0.5, 0.6) is 5.75 Å². The average molecular weight is 217 g/mol. The maximum atomic E-state index is 5.66. The van der Waals surface area contributed by atoms with Gasteiger partial charge < -0.3 is 10.5 Å². The van der Waals surface area contributed by atoms with Gasteiger partial charge in [0, 0.05) is 24.5 Å². The largest absolute Gasteiger partial charge is 0.491 e. The molecule has 0 unspecified atom stereocenters. The van der Waals surface area contributed by atoms with Gasteiger partial charge in [-0.05, 0) is 12.1 Å². The molecule has 84 valence electrons. The Kier molecular flexibility index (Phi) is 3.56. The minimum absolute atomic E-state index is 0.498. The zero-order chi connectivity index (χ0) is 11.2. The van der Waals surface area contributed by atoms with Crippen LogP contribution >= 0.6 is 0 Å². The number of ether oxygens (including phenoxy) is 1. The third-order valence-corrected chi connectivity index (χ3v) is 2.33. The third kappa shape index (κ3) is 2.61. The van der Waals surface area contributed by atoms with E-state index in [0.29, 0.717) is 13.2 Å². The van der Waals surface area contributed by atoms with Gasteiger partial charge in [0.2, 0.25) is 0 Å². The molecule has 2 rings (SSSR count). The van der Waals surface area contributed by atoms with E-state index in [1.54, 1.807) is 6.20 Å². The van der Waals surface area contributed by atoms with Crippen LogP contribution in [-0.2, 0) is 13.1 Å². The second-order valence-corrected chi connectivity index (χ2v) is 3.43. The third-order valence-electron chi connectivity index (χ3n) is 2.33. The Labute approximate surface area is 94.6 Å². The number of benzene rings is 1. The van der Waals surface area contributed by atoms with E-state index >= 15 is 0 Å². The van der Waals surface area contributed by atoms with E-state index in [1.165, 1.54) is 0 Å².